The largest absolute Gasteiger partial charge is 0.371 e. The first kappa shape index (κ1) is 12.8. The maximum absolute atomic E-state index is 12.0. The Kier molecular flexibility index (Phi) is 3.18. The summed E-state index contributed by atoms with van der Waals surface area (Å²) in [6.07, 6.45) is 6.11. The van der Waals surface area contributed by atoms with Crippen molar-refractivity contribution in [3.63, 3.8) is 0 Å². The van der Waals surface area contributed by atoms with Gasteiger partial charge in [0.1, 0.15) is 5.52 Å². The average Bonchev–Trinajstić information content (AvgIpc) is 3.43. The molecular weight excluding hydrogens is 330 g/mol. The lowest BCUT2D eigenvalue weighted by molar-refractivity contribution is -0.117. The van der Waals surface area contributed by atoms with Gasteiger partial charge in [-0.1, -0.05) is 11.8 Å². The SMILES string of the molecule is [2H]C([2H])([2H])n1cc(C#Cc2cnc(NC)c3nnc(NC(=O)C4CC4)cc23)cn1. The third-order valence-corrected chi connectivity index (χ3v) is 3.99. The smallest absolute Gasteiger partial charge is 0.228 e. The van der Waals surface area contributed by atoms with Crippen molar-refractivity contribution in [1.29, 1.82) is 0 Å². The highest BCUT2D eigenvalue weighted by molar-refractivity contribution is 5.97. The predicted molar refractivity (Wildman–Crippen MR) is 97.4 cm³/mol. The van der Waals surface area contributed by atoms with Crippen molar-refractivity contribution < 1.29 is 8.91 Å². The average molecular weight is 350 g/mol. The molecule has 4 rings (SSSR count). The summed E-state index contributed by atoms with van der Waals surface area (Å²) in [5.74, 6) is 6.74. The minimum Gasteiger partial charge on any atom is -0.371 e. The molecule has 8 heteroatoms. The molecule has 0 spiro atoms. The molecule has 0 bridgehead atoms. The predicted octanol–water partition coefficient (Wildman–Crippen LogP) is 1.55. The van der Waals surface area contributed by atoms with E-state index in [2.05, 4.69) is 42.8 Å². The quantitative estimate of drug-likeness (QED) is 0.696. The second-order valence-electron chi connectivity index (χ2n) is 5.95. The number of nitrogens with one attached hydrogen (secondary N) is 2. The van der Waals surface area contributed by atoms with E-state index in [4.69, 9.17) is 4.11 Å². The second kappa shape index (κ2) is 6.44. The molecule has 1 fully saturated rings. The molecule has 0 radical (unpaired) electrons. The van der Waals surface area contributed by atoms with Crippen LogP contribution in [0.4, 0.5) is 11.6 Å². The van der Waals surface area contributed by atoms with Crippen LogP contribution >= 0.6 is 0 Å². The summed E-state index contributed by atoms with van der Waals surface area (Å²) in [6.45, 7) is -2.35. The molecule has 3 heterocycles. The molecule has 1 aliphatic rings. The number of hydrogen-bond acceptors (Lipinski definition) is 6. The Bertz CT molecular complexity index is 1160. The van der Waals surface area contributed by atoms with E-state index in [1.807, 2.05) is 0 Å². The molecule has 8 nitrogen and oxygen atoms in total. The van der Waals surface area contributed by atoms with Crippen LogP contribution in [0.25, 0.3) is 10.9 Å². The maximum atomic E-state index is 12.0. The first-order valence-electron chi connectivity index (χ1n) is 9.57. The standard InChI is InChI=1S/C18H17N7O/c1-19-17-16-14(7-15(23-24-16)22-18(26)12-5-6-12)13(9-20-17)4-3-11-8-21-25(2)10-11/h7-10,12H,5-6H2,1-2H3,(H,19,20)(H,22,23,26)/i2D3. The molecule has 130 valence electrons. The first-order chi connectivity index (χ1) is 13.8. The topological polar surface area (TPSA) is 97.6 Å². The van der Waals surface area contributed by atoms with Crippen LogP contribution in [-0.4, -0.2) is 37.9 Å². The number of carbonyl (C=O) groups is 1. The van der Waals surface area contributed by atoms with Gasteiger partial charge < -0.3 is 10.6 Å². The van der Waals surface area contributed by atoms with E-state index in [-0.39, 0.29) is 11.8 Å². The number of anilines is 2. The van der Waals surface area contributed by atoms with Crippen LogP contribution in [0.2, 0.25) is 0 Å². The number of pyridine rings is 1. The van der Waals surface area contributed by atoms with E-state index in [0.29, 0.717) is 33.7 Å². The number of hydrogen-bond donors (Lipinski definition) is 2. The number of fused-ring (bicyclic) bond motifs is 1. The first-order valence-corrected chi connectivity index (χ1v) is 8.07. The molecule has 0 saturated heterocycles. The third kappa shape index (κ3) is 3.19. The van der Waals surface area contributed by atoms with E-state index in [1.165, 1.54) is 12.4 Å². The summed E-state index contributed by atoms with van der Waals surface area (Å²) >= 11 is 0. The Balaban J connectivity index is 1.71. The number of aromatic nitrogens is 5. The third-order valence-electron chi connectivity index (χ3n) is 3.99. The molecule has 0 atom stereocenters. The van der Waals surface area contributed by atoms with Gasteiger partial charge in [0.05, 0.1) is 17.3 Å². The lowest BCUT2D eigenvalue weighted by atomic mass is 10.1. The van der Waals surface area contributed by atoms with Crippen LogP contribution in [0.3, 0.4) is 0 Å². The van der Waals surface area contributed by atoms with Gasteiger partial charge in [0.25, 0.3) is 0 Å². The van der Waals surface area contributed by atoms with Gasteiger partial charge in [0, 0.05) is 41.8 Å². The summed E-state index contributed by atoms with van der Waals surface area (Å²) in [7, 11) is 1.72. The lowest BCUT2D eigenvalue weighted by Crippen LogP contribution is -2.15. The van der Waals surface area contributed by atoms with Gasteiger partial charge in [0.2, 0.25) is 5.91 Å². The fraction of sp³-hybridized carbons (Fsp3) is 0.278. The highest BCUT2D eigenvalue weighted by Crippen LogP contribution is 2.30. The van der Waals surface area contributed by atoms with Crippen molar-refractivity contribution in [3.8, 4) is 11.8 Å². The number of rotatable bonds is 3. The van der Waals surface area contributed by atoms with Crippen molar-refractivity contribution in [3.05, 3.63) is 35.8 Å². The molecule has 1 aliphatic carbocycles. The van der Waals surface area contributed by atoms with Gasteiger partial charge in [-0.25, -0.2) is 4.98 Å². The van der Waals surface area contributed by atoms with Gasteiger partial charge in [-0.2, -0.15) is 5.10 Å². The number of nitrogens with zero attached hydrogens (tertiary/aromatic N) is 5. The summed E-state index contributed by atoms with van der Waals surface area (Å²) < 4.78 is 23.0. The van der Waals surface area contributed by atoms with Crippen molar-refractivity contribution >= 4 is 28.4 Å². The van der Waals surface area contributed by atoms with Crippen LogP contribution in [-0.2, 0) is 11.8 Å². The van der Waals surface area contributed by atoms with Crippen LogP contribution in [0.5, 0.6) is 0 Å². The zero-order chi connectivity index (χ0) is 20.6. The molecule has 1 saturated carbocycles. The van der Waals surface area contributed by atoms with Crippen molar-refractivity contribution in [2.45, 2.75) is 12.8 Å². The van der Waals surface area contributed by atoms with Crippen LogP contribution in [0.1, 0.15) is 28.1 Å². The van der Waals surface area contributed by atoms with Crippen LogP contribution in [0, 0.1) is 17.8 Å². The Morgan fingerprint density at radius 1 is 1.35 bits per heavy atom. The van der Waals surface area contributed by atoms with Crippen molar-refractivity contribution in [2.75, 3.05) is 17.7 Å². The Morgan fingerprint density at radius 2 is 2.23 bits per heavy atom. The van der Waals surface area contributed by atoms with Gasteiger partial charge in [-0.15, -0.1) is 10.2 Å². The fourth-order valence-electron chi connectivity index (χ4n) is 2.48. The second-order valence-corrected chi connectivity index (χ2v) is 5.95. The maximum Gasteiger partial charge on any atom is 0.228 e. The molecule has 0 aromatic carbocycles. The van der Waals surface area contributed by atoms with Gasteiger partial charge in [0.15, 0.2) is 11.6 Å². The van der Waals surface area contributed by atoms with Crippen LogP contribution in [0.15, 0.2) is 24.7 Å². The Morgan fingerprint density at radius 3 is 2.96 bits per heavy atom. The van der Waals surface area contributed by atoms with Crippen molar-refractivity contribution in [1.82, 2.24) is 25.0 Å². The van der Waals surface area contributed by atoms with E-state index in [9.17, 15) is 4.79 Å². The fourth-order valence-corrected chi connectivity index (χ4v) is 2.48. The van der Waals surface area contributed by atoms with Gasteiger partial charge in [-0.3, -0.25) is 9.48 Å². The van der Waals surface area contributed by atoms with E-state index < -0.39 is 6.98 Å². The molecule has 0 unspecified atom stereocenters. The normalized spacial score (nSPS) is 15.3. The zero-order valence-corrected chi connectivity index (χ0v) is 13.9. The van der Waals surface area contributed by atoms with Crippen LogP contribution < -0.4 is 10.6 Å². The highest BCUT2D eigenvalue weighted by Gasteiger charge is 2.30. The number of amides is 1. The summed E-state index contributed by atoms with van der Waals surface area (Å²) in [5, 5.41) is 18.5. The molecule has 2 N–H and O–H groups in total. The molecule has 26 heavy (non-hydrogen) atoms. The zero-order valence-electron chi connectivity index (χ0n) is 16.9. The summed E-state index contributed by atoms with van der Waals surface area (Å²) in [6, 6.07) is 1.71. The highest BCUT2D eigenvalue weighted by atomic mass is 16.2. The van der Waals surface area contributed by atoms with E-state index >= 15 is 0 Å². The molecule has 3 aromatic heterocycles. The lowest BCUT2D eigenvalue weighted by Gasteiger charge is -2.08. The molecular formula is C18H17N7O. The Labute approximate surface area is 154 Å². The Hall–Kier alpha value is -3.47. The van der Waals surface area contributed by atoms with Gasteiger partial charge in [-0.05, 0) is 18.9 Å². The monoisotopic (exact) mass is 350 g/mol. The van der Waals surface area contributed by atoms with E-state index in [1.54, 1.807) is 19.3 Å². The minimum atomic E-state index is -2.35. The minimum absolute atomic E-state index is 0.0480. The van der Waals surface area contributed by atoms with Crippen molar-refractivity contribution in [2.24, 2.45) is 12.9 Å². The summed E-state index contributed by atoms with van der Waals surface area (Å²) in [5.41, 5.74) is 1.54. The number of carbonyl (C=O) groups excluding carboxylic acids is 1. The van der Waals surface area contributed by atoms with Gasteiger partial charge >= 0.3 is 0 Å². The summed E-state index contributed by atoms with van der Waals surface area (Å²) in [4.78, 5) is 16.3. The molecule has 3 aromatic rings. The molecule has 0 aliphatic heterocycles. The molecule has 1 amide bonds. The van der Waals surface area contributed by atoms with E-state index in [0.717, 1.165) is 17.5 Å². The number of aryl methyl sites for hydroxylation is 1.